The number of hydrogen-bond donors (Lipinski definition) is 1. The van der Waals surface area contributed by atoms with Gasteiger partial charge in [0.15, 0.2) is 9.84 Å². The molecule has 0 saturated carbocycles. The molecule has 0 saturated heterocycles. The van der Waals surface area contributed by atoms with E-state index in [9.17, 15) is 18.0 Å². The first-order valence-corrected chi connectivity index (χ1v) is 13.5. The highest BCUT2D eigenvalue weighted by Gasteiger charge is 2.32. The van der Waals surface area contributed by atoms with E-state index >= 15 is 0 Å². The van der Waals surface area contributed by atoms with Crippen LogP contribution in [0, 0.1) is 0 Å². The van der Waals surface area contributed by atoms with Crippen molar-refractivity contribution in [1.29, 1.82) is 0 Å². The first-order chi connectivity index (χ1) is 14.4. The number of sulfone groups is 1. The van der Waals surface area contributed by atoms with Gasteiger partial charge in [-0.1, -0.05) is 6.07 Å². The highest BCUT2D eigenvalue weighted by molar-refractivity contribution is 8.00. The summed E-state index contributed by atoms with van der Waals surface area (Å²) in [6.07, 6.45) is 3.65. The predicted molar refractivity (Wildman–Crippen MR) is 119 cm³/mol. The molecule has 1 amide bonds. The summed E-state index contributed by atoms with van der Waals surface area (Å²) in [7, 11) is -3.18. The molecule has 2 aliphatic rings. The summed E-state index contributed by atoms with van der Waals surface area (Å²) >= 11 is 2.62. The fraction of sp³-hybridized carbons (Fsp3) is 0.429. The molecule has 9 heteroatoms. The van der Waals surface area contributed by atoms with Crippen molar-refractivity contribution in [2.75, 3.05) is 23.4 Å². The number of fused-ring (bicyclic) bond motifs is 2. The predicted octanol–water partition coefficient (Wildman–Crippen LogP) is 3.62. The minimum Gasteiger partial charge on any atom is -0.462 e. The summed E-state index contributed by atoms with van der Waals surface area (Å²) in [5.41, 5.74) is 3.75. The number of rotatable bonds is 6. The van der Waals surface area contributed by atoms with E-state index in [4.69, 9.17) is 4.74 Å². The molecule has 0 radical (unpaired) electrons. The first-order valence-electron chi connectivity index (χ1n) is 9.93. The monoisotopic (exact) mass is 465 g/mol. The van der Waals surface area contributed by atoms with Crippen LogP contribution in [0.5, 0.6) is 0 Å². The van der Waals surface area contributed by atoms with Crippen LogP contribution < -0.4 is 5.32 Å². The van der Waals surface area contributed by atoms with Gasteiger partial charge in [0.1, 0.15) is 5.00 Å². The number of amides is 1. The van der Waals surface area contributed by atoms with Gasteiger partial charge in [-0.15, -0.1) is 23.1 Å². The number of carbonyl (C=O) groups excluding carboxylic acids is 2. The number of esters is 1. The molecule has 4 rings (SSSR count). The Morgan fingerprint density at radius 2 is 2.00 bits per heavy atom. The van der Waals surface area contributed by atoms with Gasteiger partial charge in [-0.3, -0.25) is 4.79 Å². The number of nitrogens with one attached hydrogen (secondary N) is 1. The third-order valence-electron chi connectivity index (χ3n) is 5.28. The van der Waals surface area contributed by atoms with Gasteiger partial charge in [0.25, 0.3) is 0 Å². The average Bonchev–Trinajstić information content (AvgIpc) is 3.28. The van der Waals surface area contributed by atoms with Gasteiger partial charge in [0.05, 0.1) is 29.4 Å². The van der Waals surface area contributed by atoms with Crippen molar-refractivity contribution < 1.29 is 22.7 Å². The number of benzene rings is 1. The lowest BCUT2D eigenvalue weighted by molar-refractivity contribution is -0.113. The van der Waals surface area contributed by atoms with E-state index < -0.39 is 15.8 Å². The molecule has 0 atom stereocenters. The molecule has 0 bridgehead atoms. The number of hydrogen-bond acceptors (Lipinski definition) is 7. The van der Waals surface area contributed by atoms with Crippen molar-refractivity contribution in [1.82, 2.24) is 0 Å². The topological polar surface area (TPSA) is 89.5 Å². The number of carbonyl (C=O) groups is 2. The molecule has 1 aromatic heterocycles. The van der Waals surface area contributed by atoms with E-state index in [1.54, 1.807) is 6.92 Å². The van der Waals surface area contributed by atoms with Crippen LogP contribution in [-0.2, 0) is 44.4 Å². The second-order valence-corrected chi connectivity index (χ2v) is 11.7. The van der Waals surface area contributed by atoms with Crippen molar-refractivity contribution in [3.05, 3.63) is 45.3 Å². The van der Waals surface area contributed by atoms with Gasteiger partial charge in [0, 0.05) is 9.77 Å². The number of thioether (sulfide) groups is 1. The fourth-order valence-electron chi connectivity index (χ4n) is 3.88. The third-order valence-corrected chi connectivity index (χ3v) is 9.16. The highest BCUT2D eigenvalue weighted by atomic mass is 32.2. The first kappa shape index (κ1) is 21.4. The van der Waals surface area contributed by atoms with Crippen molar-refractivity contribution in [2.45, 2.75) is 43.3 Å². The van der Waals surface area contributed by atoms with Crippen LogP contribution in [0.4, 0.5) is 5.00 Å². The Morgan fingerprint density at radius 1 is 1.20 bits per heavy atom. The van der Waals surface area contributed by atoms with Crippen LogP contribution in [0.3, 0.4) is 0 Å². The van der Waals surface area contributed by atoms with Crippen molar-refractivity contribution in [3.63, 3.8) is 0 Å². The summed E-state index contributed by atoms with van der Waals surface area (Å²) in [5.74, 6) is -0.630. The zero-order valence-corrected chi connectivity index (χ0v) is 19.1. The lowest BCUT2D eigenvalue weighted by Gasteiger charge is -2.13. The molecule has 30 heavy (non-hydrogen) atoms. The molecule has 2 aromatic rings. The summed E-state index contributed by atoms with van der Waals surface area (Å²) < 4.78 is 29.1. The molecule has 0 fully saturated rings. The van der Waals surface area contributed by atoms with Gasteiger partial charge < -0.3 is 10.1 Å². The molecular weight excluding hydrogens is 442 g/mol. The van der Waals surface area contributed by atoms with Crippen molar-refractivity contribution >= 4 is 49.8 Å². The van der Waals surface area contributed by atoms with Crippen LogP contribution in [0.25, 0.3) is 0 Å². The normalized spacial score (nSPS) is 16.6. The van der Waals surface area contributed by atoms with E-state index in [1.165, 1.54) is 29.3 Å². The number of aryl methyl sites for hydroxylation is 2. The zero-order valence-electron chi connectivity index (χ0n) is 16.7. The molecule has 0 spiro atoms. The van der Waals surface area contributed by atoms with E-state index in [1.807, 2.05) is 6.07 Å². The molecule has 6 nitrogen and oxygen atoms in total. The minimum absolute atomic E-state index is 0.00467. The molecule has 2 heterocycles. The van der Waals surface area contributed by atoms with Crippen LogP contribution in [-0.4, -0.2) is 38.4 Å². The van der Waals surface area contributed by atoms with Gasteiger partial charge >= 0.3 is 5.97 Å². The average molecular weight is 466 g/mol. The lowest BCUT2D eigenvalue weighted by atomic mass is 10.1. The number of thiophene rings is 1. The quantitative estimate of drug-likeness (QED) is 0.518. The molecule has 0 unspecified atom stereocenters. The van der Waals surface area contributed by atoms with Gasteiger partial charge in [-0.05, 0) is 61.4 Å². The van der Waals surface area contributed by atoms with Crippen LogP contribution >= 0.6 is 23.1 Å². The summed E-state index contributed by atoms with van der Waals surface area (Å²) in [4.78, 5) is 26.8. The Kier molecular flexibility index (Phi) is 6.22. The number of anilines is 1. The van der Waals surface area contributed by atoms with Crippen LogP contribution in [0.1, 0.15) is 45.3 Å². The van der Waals surface area contributed by atoms with Crippen molar-refractivity contribution in [3.8, 4) is 0 Å². The zero-order chi connectivity index (χ0) is 21.3. The van der Waals surface area contributed by atoms with Gasteiger partial charge in [0.2, 0.25) is 5.91 Å². The highest BCUT2D eigenvalue weighted by Crippen LogP contribution is 2.38. The molecule has 1 N–H and O–H groups in total. The maximum absolute atomic E-state index is 12.6. The lowest BCUT2D eigenvalue weighted by Crippen LogP contribution is -2.20. The smallest absolute Gasteiger partial charge is 0.341 e. The van der Waals surface area contributed by atoms with Crippen molar-refractivity contribution in [2.24, 2.45) is 0 Å². The van der Waals surface area contributed by atoms with E-state index in [2.05, 4.69) is 17.4 Å². The maximum atomic E-state index is 12.6. The van der Waals surface area contributed by atoms with E-state index in [0.29, 0.717) is 21.0 Å². The van der Waals surface area contributed by atoms with Crippen LogP contribution in [0.2, 0.25) is 0 Å². The second-order valence-electron chi connectivity index (χ2n) is 7.39. The summed E-state index contributed by atoms with van der Waals surface area (Å²) in [6, 6.07) is 6.33. The molecule has 1 aromatic carbocycles. The third kappa shape index (κ3) is 4.58. The van der Waals surface area contributed by atoms with E-state index in [0.717, 1.165) is 29.1 Å². The fourth-order valence-corrected chi connectivity index (χ4v) is 7.69. The number of ether oxygens (including phenoxy) is 1. The SMILES string of the molecule is CCOC(=O)c1c(NC(=O)CSc2ccc3c(c2)CCC3)sc2c1CCS(=O)(=O)C2. The molecular formula is C21H23NO5S3. The standard InChI is InChI=1S/C21H23NO5S3/c1-2-27-21(24)19-16-8-9-30(25,26)12-17(16)29-20(19)22-18(23)11-28-15-7-6-13-4-3-5-14(13)10-15/h6-7,10H,2-5,8-9,11-12H2,1H3,(H,22,23). The van der Waals surface area contributed by atoms with Crippen LogP contribution in [0.15, 0.2) is 23.1 Å². The largest absolute Gasteiger partial charge is 0.462 e. The molecule has 160 valence electrons. The summed E-state index contributed by atoms with van der Waals surface area (Å²) in [5, 5.41) is 3.20. The Hall–Kier alpha value is -1.84. The van der Waals surface area contributed by atoms with Gasteiger partial charge in [-0.2, -0.15) is 0 Å². The van der Waals surface area contributed by atoms with E-state index in [-0.39, 0.29) is 36.2 Å². The molecule has 1 aliphatic carbocycles. The summed E-state index contributed by atoms with van der Waals surface area (Å²) in [6.45, 7) is 1.93. The second kappa shape index (κ2) is 8.72. The maximum Gasteiger partial charge on any atom is 0.341 e. The molecule has 1 aliphatic heterocycles. The van der Waals surface area contributed by atoms with Gasteiger partial charge in [-0.25, -0.2) is 13.2 Å². The Morgan fingerprint density at radius 3 is 2.80 bits per heavy atom. The minimum atomic E-state index is -3.18. The Labute approximate surface area is 184 Å². The Bertz CT molecular complexity index is 1100. The Balaban J connectivity index is 1.49.